The van der Waals surface area contributed by atoms with Crippen molar-refractivity contribution >= 4 is 33.3 Å². The number of fused-ring (bicyclic) bond motifs is 2. The Morgan fingerprint density at radius 1 is 0.793 bits per heavy atom. The summed E-state index contributed by atoms with van der Waals surface area (Å²) < 4.78 is 1.73. The number of aromatic nitrogens is 2. The van der Waals surface area contributed by atoms with E-state index in [1.54, 1.807) is 22.8 Å². The predicted molar refractivity (Wildman–Crippen MR) is 119 cm³/mol. The Morgan fingerprint density at radius 3 is 2.38 bits per heavy atom. The molecule has 4 aromatic carbocycles. The van der Waals surface area contributed by atoms with Crippen LogP contribution in [0, 0.1) is 0 Å². The van der Waals surface area contributed by atoms with Gasteiger partial charge < -0.3 is 0 Å². The van der Waals surface area contributed by atoms with Crippen molar-refractivity contribution < 1.29 is 0 Å². The number of hydrogen-bond acceptors (Lipinski definition) is 2. The highest BCUT2D eigenvalue weighted by Gasteiger charge is 2.14. The maximum absolute atomic E-state index is 13.4. The van der Waals surface area contributed by atoms with Gasteiger partial charge in [-0.05, 0) is 40.6 Å². The van der Waals surface area contributed by atoms with Crippen LogP contribution in [0.15, 0.2) is 95.8 Å². The van der Waals surface area contributed by atoms with Gasteiger partial charge >= 0.3 is 0 Å². The van der Waals surface area contributed by atoms with Gasteiger partial charge in [0.25, 0.3) is 5.56 Å². The second kappa shape index (κ2) is 7.19. The van der Waals surface area contributed by atoms with Crippen LogP contribution in [0.1, 0.15) is 5.56 Å². The van der Waals surface area contributed by atoms with E-state index < -0.39 is 0 Å². The third kappa shape index (κ3) is 3.30. The Kier molecular flexibility index (Phi) is 4.38. The van der Waals surface area contributed by atoms with Crippen molar-refractivity contribution in [1.82, 2.24) is 9.55 Å². The summed E-state index contributed by atoms with van der Waals surface area (Å²) in [6, 6.07) is 29.5. The molecular weight excluding hydrogens is 380 g/mol. The molecule has 0 unspecified atom stereocenters. The Bertz CT molecular complexity index is 1410. The Hall–Kier alpha value is -3.43. The van der Waals surface area contributed by atoms with Crippen molar-refractivity contribution in [3.05, 3.63) is 112 Å². The fraction of sp³-hybridized carbons (Fsp3) is 0.0400. The van der Waals surface area contributed by atoms with E-state index in [1.165, 1.54) is 0 Å². The molecule has 29 heavy (non-hydrogen) atoms. The highest BCUT2D eigenvalue weighted by molar-refractivity contribution is 6.31. The normalized spacial score (nSPS) is 11.2. The summed E-state index contributed by atoms with van der Waals surface area (Å²) in [7, 11) is 0. The second-order valence-corrected chi connectivity index (χ2v) is 7.47. The molecule has 1 heterocycles. The maximum atomic E-state index is 13.4. The van der Waals surface area contributed by atoms with Crippen LogP contribution in [-0.2, 0) is 6.54 Å². The third-order valence-electron chi connectivity index (χ3n) is 5.11. The van der Waals surface area contributed by atoms with E-state index in [2.05, 4.69) is 24.3 Å². The summed E-state index contributed by atoms with van der Waals surface area (Å²) in [5, 5.41) is 3.32. The molecule has 0 radical (unpaired) electrons. The minimum Gasteiger partial charge on any atom is -0.288 e. The van der Waals surface area contributed by atoms with Crippen LogP contribution in [0.3, 0.4) is 0 Å². The van der Waals surface area contributed by atoms with Crippen LogP contribution in [0.2, 0.25) is 5.02 Å². The van der Waals surface area contributed by atoms with Gasteiger partial charge in [-0.3, -0.25) is 9.36 Å². The molecule has 4 heteroatoms. The maximum Gasteiger partial charge on any atom is 0.262 e. The Labute approximate surface area is 172 Å². The summed E-state index contributed by atoms with van der Waals surface area (Å²) in [6.07, 6.45) is 0. The van der Waals surface area contributed by atoms with Gasteiger partial charge in [0, 0.05) is 10.6 Å². The molecule has 0 N–H and O–H groups in total. The molecular formula is C25H17ClN2O. The molecule has 1 aromatic heterocycles. The molecule has 140 valence electrons. The van der Waals surface area contributed by atoms with E-state index in [4.69, 9.17) is 16.6 Å². The van der Waals surface area contributed by atoms with Gasteiger partial charge in [0.05, 0.1) is 17.4 Å². The Balaban J connectivity index is 1.78. The van der Waals surface area contributed by atoms with Crippen molar-refractivity contribution in [3.63, 3.8) is 0 Å². The van der Waals surface area contributed by atoms with E-state index in [9.17, 15) is 4.79 Å². The molecule has 0 saturated carbocycles. The van der Waals surface area contributed by atoms with E-state index >= 15 is 0 Å². The van der Waals surface area contributed by atoms with E-state index in [0.717, 1.165) is 21.9 Å². The first kappa shape index (κ1) is 17.7. The molecule has 0 spiro atoms. The first-order valence-corrected chi connectivity index (χ1v) is 9.80. The largest absolute Gasteiger partial charge is 0.288 e. The lowest BCUT2D eigenvalue weighted by Crippen LogP contribution is -2.24. The highest BCUT2D eigenvalue weighted by atomic mass is 35.5. The third-order valence-corrected chi connectivity index (χ3v) is 5.34. The molecule has 0 saturated heterocycles. The lowest BCUT2D eigenvalue weighted by molar-refractivity contribution is 0.759. The molecule has 0 amide bonds. The molecule has 0 fully saturated rings. The Morgan fingerprint density at radius 2 is 1.55 bits per heavy atom. The van der Waals surface area contributed by atoms with Gasteiger partial charge in [-0.15, -0.1) is 0 Å². The summed E-state index contributed by atoms with van der Waals surface area (Å²) in [6.45, 7) is 0.442. The number of hydrogen-bond donors (Lipinski definition) is 0. The molecule has 3 nitrogen and oxygen atoms in total. The average Bonchev–Trinajstić information content (AvgIpc) is 2.76. The number of nitrogens with zero attached hydrogens (tertiary/aromatic N) is 2. The summed E-state index contributed by atoms with van der Waals surface area (Å²) in [5.74, 6) is 0.652. The lowest BCUT2D eigenvalue weighted by atomic mass is 10.1. The van der Waals surface area contributed by atoms with Crippen LogP contribution >= 0.6 is 11.6 Å². The average molecular weight is 397 g/mol. The zero-order valence-corrected chi connectivity index (χ0v) is 16.3. The fourth-order valence-corrected chi connectivity index (χ4v) is 3.83. The summed E-state index contributed by atoms with van der Waals surface area (Å²) in [5.41, 5.74) is 2.50. The van der Waals surface area contributed by atoms with Crippen molar-refractivity contribution in [2.75, 3.05) is 0 Å². The lowest BCUT2D eigenvalue weighted by Gasteiger charge is -2.15. The standard InChI is InChI=1S/C25H17ClN2O/c26-21-12-13-23-22(15-21)25(29)28(16-17-6-2-1-3-7-17)24(27-23)20-11-10-18-8-4-5-9-19(18)14-20/h1-15H,16H2. The number of benzene rings is 4. The predicted octanol–water partition coefficient (Wildman–Crippen LogP) is 5.92. The molecule has 0 aliphatic carbocycles. The monoisotopic (exact) mass is 396 g/mol. The topological polar surface area (TPSA) is 34.9 Å². The second-order valence-electron chi connectivity index (χ2n) is 7.04. The highest BCUT2D eigenvalue weighted by Crippen LogP contribution is 2.25. The van der Waals surface area contributed by atoms with Gasteiger partial charge in [0.15, 0.2) is 0 Å². The van der Waals surface area contributed by atoms with Gasteiger partial charge in [-0.25, -0.2) is 4.98 Å². The number of rotatable bonds is 3. The van der Waals surface area contributed by atoms with Crippen LogP contribution in [-0.4, -0.2) is 9.55 Å². The zero-order chi connectivity index (χ0) is 19.8. The fourth-order valence-electron chi connectivity index (χ4n) is 3.65. The van der Waals surface area contributed by atoms with Crippen molar-refractivity contribution in [2.45, 2.75) is 6.54 Å². The van der Waals surface area contributed by atoms with Gasteiger partial charge in [-0.1, -0.05) is 78.3 Å². The quantitative estimate of drug-likeness (QED) is 0.379. The van der Waals surface area contributed by atoms with Crippen LogP contribution in [0.5, 0.6) is 0 Å². The minimum atomic E-state index is -0.0930. The van der Waals surface area contributed by atoms with Crippen molar-refractivity contribution in [2.24, 2.45) is 0 Å². The first-order chi connectivity index (χ1) is 14.2. The van der Waals surface area contributed by atoms with Gasteiger partial charge in [-0.2, -0.15) is 0 Å². The molecule has 5 aromatic rings. The van der Waals surface area contributed by atoms with Crippen LogP contribution in [0.25, 0.3) is 33.1 Å². The van der Waals surface area contributed by atoms with Crippen molar-refractivity contribution in [3.8, 4) is 11.4 Å². The minimum absolute atomic E-state index is 0.0930. The SMILES string of the molecule is O=c1c2cc(Cl)ccc2nc(-c2ccc3ccccc3c2)n1Cc1ccccc1. The van der Waals surface area contributed by atoms with Crippen LogP contribution < -0.4 is 5.56 Å². The van der Waals surface area contributed by atoms with Gasteiger partial charge in [0.1, 0.15) is 5.82 Å². The molecule has 5 rings (SSSR count). The molecule has 0 aliphatic rings. The van der Waals surface area contributed by atoms with E-state index in [0.29, 0.717) is 28.3 Å². The van der Waals surface area contributed by atoms with E-state index in [1.807, 2.05) is 48.5 Å². The number of halogens is 1. The molecule has 0 bridgehead atoms. The smallest absolute Gasteiger partial charge is 0.262 e. The summed E-state index contributed by atoms with van der Waals surface area (Å²) >= 11 is 6.15. The van der Waals surface area contributed by atoms with Crippen molar-refractivity contribution in [1.29, 1.82) is 0 Å². The van der Waals surface area contributed by atoms with Crippen LogP contribution in [0.4, 0.5) is 0 Å². The summed E-state index contributed by atoms with van der Waals surface area (Å²) in [4.78, 5) is 18.3. The van der Waals surface area contributed by atoms with Gasteiger partial charge in [0.2, 0.25) is 0 Å². The van der Waals surface area contributed by atoms with E-state index in [-0.39, 0.29) is 5.56 Å². The first-order valence-electron chi connectivity index (χ1n) is 9.42. The zero-order valence-electron chi connectivity index (χ0n) is 15.5. The molecule has 0 atom stereocenters. The molecule has 0 aliphatic heterocycles.